The van der Waals surface area contributed by atoms with E-state index in [1.807, 2.05) is 30.3 Å². The molecule has 3 heterocycles. The third kappa shape index (κ3) is 3.84. The fourth-order valence-corrected chi connectivity index (χ4v) is 3.84. The number of aromatic amines is 1. The SMILES string of the molecule is O=C(Nc1cc(-c2nnc3n2CCCCC3)ccc1F)c1cc(-c2ccccc2)n[nH]1. The zero-order valence-corrected chi connectivity index (χ0v) is 16.8. The summed E-state index contributed by atoms with van der Waals surface area (Å²) in [7, 11) is 0. The number of rotatable bonds is 4. The van der Waals surface area contributed by atoms with Gasteiger partial charge in [-0.05, 0) is 37.1 Å². The van der Waals surface area contributed by atoms with Gasteiger partial charge in [0.2, 0.25) is 0 Å². The maximum Gasteiger partial charge on any atom is 0.273 e. The quantitative estimate of drug-likeness (QED) is 0.514. The number of anilines is 1. The van der Waals surface area contributed by atoms with Crippen LogP contribution in [-0.2, 0) is 13.0 Å². The van der Waals surface area contributed by atoms with Crippen LogP contribution in [0, 0.1) is 5.82 Å². The molecular weight excluding hydrogens is 395 g/mol. The highest BCUT2D eigenvalue weighted by Crippen LogP contribution is 2.27. The molecule has 0 spiro atoms. The number of halogens is 1. The lowest BCUT2D eigenvalue weighted by molar-refractivity contribution is 0.102. The highest BCUT2D eigenvalue weighted by molar-refractivity contribution is 6.03. The lowest BCUT2D eigenvalue weighted by atomic mass is 10.1. The summed E-state index contributed by atoms with van der Waals surface area (Å²) in [5, 5.41) is 18.2. The van der Waals surface area contributed by atoms with Crippen LogP contribution in [0.25, 0.3) is 22.6 Å². The molecule has 156 valence electrons. The van der Waals surface area contributed by atoms with Crippen LogP contribution >= 0.6 is 0 Å². The first-order valence-electron chi connectivity index (χ1n) is 10.3. The van der Waals surface area contributed by atoms with Gasteiger partial charge in [0, 0.05) is 24.1 Å². The molecule has 31 heavy (non-hydrogen) atoms. The first-order valence-corrected chi connectivity index (χ1v) is 10.3. The first kappa shape index (κ1) is 19.2. The highest BCUT2D eigenvalue weighted by Gasteiger charge is 2.18. The van der Waals surface area contributed by atoms with Crippen molar-refractivity contribution >= 4 is 11.6 Å². The van der Waals surface area contributed by atoms with E-state index in [4.69, 9.17) is 0 Å². The molecule has 0 unspecified atom stereocenters. The van der Waals surface area contributed by atoms with Crippen LogP contribution in [0.2, 0.25) is 0 Å². The van der Waals surface area contributed by atoms with Gasteiger partial charge in [-0.15, -0.1) is 10.2 Å². The molecule has 0 atom stereocenters. The molecule has 2 N–H and O–H groups in total. The number of carbonyl (C=O) groups is 1. The standard InChI is InChI=1S/C23H21FN6O/c24-17-11-10-16(22-29-28-21-9-5-2-6-12-30(21)22)13-19(17)25-23(31)20-14-18(26-27-20)15-7-3-1-4-8-15/h1,3-4,7-8,10-11,13-14H,2,5-6,9,12H2,(H,25,31)(H,26,27). The van der Waals surface area contributed by atoms with E-state index in [-0.39, 0.29) is 11.4 Å². The zero-order chi connectivity index (χ0) is 21.2. The normalized spacial score (nSPS) is 13.5. The maximum absolute atomic E-state index is 14.5. The van der Waals surface area contributed by atoms with Gasteiger partial charge in [-0.1, -0.05) is 36.8 Å². The Morgan fingerprint density at radius 3 is 2.74 bits per heavy atom. The van der Waals surface area contributed by atoms with Gasteiger partial charge >= 0.3 is 0 Å². The Hall–Kier alpha value is -3.81. The van der Waals surface area contributed by atoms with Gasteiger partial charge in [0.1, 0.15) is 17.3 Å². The van der Waals surface area contributed by atoms with Crippen LogP contribution < -0.4 is 5.32 Å². The van der Waals surface area contributed by atoms with Gasteiger partial charge in [0.25, 0.3) is 5.91 Å². The number of aromatic nitrogens is 5. The molecule has 1 amide bonds. The molecule has 0 saturated heterocycles. The Morgan fingerprint density at radius 1 is 1.00 bits per heavy atom. The van der Waals surface area contributed by atoms with Gasteiger partial charge in [-0.2, -0.15) is 5.10 Å². The number of carbonyl (C=O) groups excluding carboxylic acids is 1. The minimum atomic E-state index is -0.518. The molecule has 0 radical (unpaired) electrons. The molecular formula is C23H21FN6O. The van der Waals surface area contributed by atoms with Gasteiger partial charge in [-0.3, -0.25) is 9.89 Å². The Balaban J connectivity index is 1.40. The Bertz CT molecular complexity index is 1230. The number of H-pyrrole nitrogens is 1. The predicted octanol–water partition coefficient (Wildman–Crippen LogP) is 4.45. The van der Waals surface area contributed by atoms with Crippen molar-refractivity contribution < 1.29 is 9.18 Å². The van der Waals surface area contributed by atoms with Gasteiger partial charge in [-0.25, -0.2) is 4.39 Å². The van der Waals surface area contributed by atoms with E-state index in [0.29, 0.717) is 17.1 Å². The molecule has 2 aromatic heterocycles. The summed E-state index contributed by atoms with van der Waals surface area (Å²) in [4.78, 5) is 12.7. The van der Waals surface area contributed by atoms with E-state index in [9.17, 15) is 9.18 Å². The zero-order valence-electron chi connectivity index (χ0n) is 16.8. The first-order chi connectivity index (χ1) is 15.2. The van der Waals surface area contributed by atoms with E-state index >= 15 is 0 Å². The summed E-state index contributed by atoms with van der Waals surface area (Å²) in [5.74, 6) is 0.662. The monoisotopic (exact) mass is 416 g/mol. The fraction of sp³-hybridized carbons (Fsp3) is 0.217. The number of nitrogens with zero attached hydrogens (tertiary/aromatic N) is 4. The molecule has 5 rings (SSSR count). The van der Waals surface area contributed by atoms with Gasteiger partial charge in [0.15, 0.2) is 5.82 Å². The van der Waals surface area contributed by atoms with Crippen LogP contribution in [0.3, 0.4) is 0 Å². The average Bonchev–Trinajstić information content (AvgIpc) is 3.38. The number of nitrogens with one attached hydrogen (secondary N) is 2. The fourth-order valence-electron chi connectivity index (χ4n) is 3.84. The van der Waals surface area contributed by atoms with Crippen LogP contribution in [0.15, 0.2) is 54.6 Å². The van der Waals surface area contributed by atoms with Crippen molar-refractivity contribution in [3.8, 4) is 22.6 Å². The molecule has 0 bridgehead atoms. The third-order valence-electron chi connectivity index (χ3n) is 5.47. The second kappa shape index (κ2) is 8.14. The molecule has 0 saturated carbocycles. The molecule has 1 aliphatic rings. The molecule has 2 aromatic carbocycles. The van der Waals surface area contributed by atoms with Gasteiger partial charge in [0.05, 0.1) is 11.4 Å². The number of hydrogen-bond donors (Lipinski definition) is 2. The lowest BCUT2D eigenvalue weighted by Crippen LogP contribution is -2.13. The highest BCUT2D eigenvalue weighted by atomic mass is 19.1. The summed E-state index contributed by atoms with van der Waals surface area (Å²) in [6.45, 7) is 0.840. The second-order valence-corrected chi connectivity index (χ2v) is 7.58. The number of benzene rings is 2. The topological polar surface area (TPSA) is 88.5 Å². The van der Waals surface area contributed by atoms with E-state index < -0.39 is 11.7 Å². The van der Waals surface area contributed by atoms with E-state index in [2.05, 4.69) is 30.3 Å². The summed E-state index contributed by atoms with van der Waals surface area (Å²) < 4.78 is 16.6. The molecule has 4 aromatic rings. The Morgan fingerprint density at radius 2 is 1.87 bits per heavy atom. The Kier molecular flexibility index (Phi) is 5.03. The van der Waals surface area contributed by atoms with Crippen molar-refractivity contribution in [3.63, 3.8) is 0 Å². The summed E-state index contributed by atoms with van der Waals surface area (Å²) in [6, 6.07) is 15.8. The number of amides is 1. The summed E-state index contributed by atoms with van der Waals surface area (Å²) in [6.07, 6.45) is 4.20. The largest absolute Gasteiger partial charge is 0.318 e. The van der Waals surface area contributed by atoms with Crippen molar-refractivity contribution in [1.82, 2.24) is 25.0 Å². The van der Waals surface area contributed by atoms with Gasteiger partial charge < -0.3 is 9.88 Å². The maximum atomic E-state index is 14.5. The lowest BCUT2D eigenvalue weighted by Gasteiger charge is -2.10. The number of hydrogen-bond acceptors (Lipinski definition) is 4. The van der Waals surface area contributed by atoms with Crippen LogP contribution in [0.1, 0.15) is 35.6 Å². The van der Waals surface area contributed by atoms with E-state index in [1.54, 1.807) is 18.2 Å². The number of fused-ring (bicyclic) bond motifs is 1. The van der Waals surface area contributed by atoms with Crippen LogP contribution in [0.5, 0.6) is 0 Å². The summed E-state index contributed by atoms with van der Waals surface area (Å²) >= 11 is 0. The van der Waals surface area contributed by atoms with Crippen molar-refractivity contribution in [2.24, 2.45) is 0 Å². The summed E-state index contributed by atoms with van der Waals surface area (Å²) in [5.41, 5.74) is 2.58. The second-order valence-electron chi connectivity index (χ2n) is 7.58. The minimum Gasteiger partial charge on any atom is -0.318 e. The molecule has 8 heteroatoms. The molecule has 0 fully saturated rings. The third-order valence-corrected chi connectivity index (χ3v) is 5.47. The molecule has 0 aliphatic carbocycles. The smallest absolute Gasteiger partial charge is 0.273 e. The average molecular weight is 416 g/mol. The minimum absolute atomic E-state index is 0.0873. The van der Waals surface area contributed by atoms with Crippen molar-refractivity contribution in [2.75, 3.05) is 5.32 Å². The molecule has 1 aliphatic heterocycles. The predicted molar refractivity (Wildman–Crippen MR) is 115 cm³/mol. The van der Waals surface area contributed by atoms with Crippen molar-refractivity contribution in [1.29, 1.82) is 0 Å². The van der Waals surface area contributed by atoms with Crippen LogP contribution in [-0.4, -0.2) is 30.9 Å². The van der Waals surface area contributed by atoms with E-state index in [0.717, 1.165) is 43.6 Å². The van der Waals surface area contributed by atoms with E-state index in [1.165, 1.54) is 6.07 Å². The number of aryl methyl sites for hydroxylation is 1. The van der Waals surface area contributed by atoms with Crippen LogP contribution in [0.4, 0.5) is 10.1 Å². The van der Waals surface area contributed by atoms with Crippen molar-refractivity contribution in [2.45, 2.75) is 32.2 Å². The Labute approximate surface area is 178 Å². The molecule has 7 nitrogen and oxygen atoms in total. The van der Waals surface area contributed by atoms with Crippen molar-refractivity contribution in [3.05, 3.63) is 71.9 Å².